The summed E-state index contributed by atoms with van der Waals surface area (Å²) < 4.78 is 7.57. The fourth-order valence-corrected chi connectivity index (χ4v) is 6.11. The van der Waals surface area contributed by atoms with Gasteiger partial charge in [0, 0.05) is 5.56 Å². The SMILES string of the molecule is CSCC[C@H](C(=O)Nc1c(C#N)c(-c2ccccc2)c(-c2ccccc2)n1Cc1ccco1)N1C(=O)c2ccccc2C1=O. The fourth-order valence-electron chi connectivity index (χ4n) is 5.65. The minimum absolute atomic E-state index is 0.219. The normalized spacial score (nSPS) is 13.0. The second-order valence-electron chi connectivity index (χ2n) is 10.3. The Morgan fingerprint density at radius 1 is 0.886 bits per heavy atom. The number of amides is 3. The van der Waals surface area contributed by atoms with Gasteiger partial charge < -0.3 is 14.3 Å². The van der Waals surface area contributed by atoms with Crippen LogP contribution in [-0.2, 0) is 11.3 Å². The summed E-state index contributed by atoms with van der Waals surface area (Å²) in [6, 6.07) is 30.6. The molecule has 44 heavy (non-hydrogen) atoms. The number of rotatable bonds is 10. The molecule has 0 unspecified atom stereocenters. The van der Waals surface area contributed by atoms with E-state index in [1.807, 2.05) is 77.6 Å². The Kier molecular flexibility index (Phi) is 8.17. The molecule has 1 N–H and O–H groups in total. The molecule has 1 aliphatic rings. The molecule has 0 bridgehead atoms. The van der Waals surface area contributed by atoms with E-state index < -0.39 is 23.8 Å². The Bertz CT molecular complexity index is 1840. The summed E-state index contributed by atoms with van der Waals surface area (Å²) in [5, 5.41) is 13.6. The first kappa shape index (κ1) is 28.8. The van der Waals surface area contributed by atoms with Gasteiger partial charge in [0.1, 0.15) is 29.3 Å². The maximum absolute atomic E-state index is 14.3. The highest BCUT2D eigenvalue weighted by atomic mass is 32.2. The lowest BCUT2D eigenvalue weighted by molar-refractivity contribution is -0.120. The number of furan rings is 1. The molecule has 0 radical (unpaired) electrons. The summed E-state index contributed by atoms with van der Waals surface area (Å²) >= 11 is 1.51. The van der Waals surface area contributed by atoms with Gasteiger partial charge in [-0.2, -0.15) is 17.0 Å². The van der Waals surface area contributed by atoms with Gasteiger partial charge in [-0.05, 0) is 53.8 Å². The number of aromatic nitrogens is 1. The van der Waals surface area contributed by atoms with Crippen LogP contribution in [0.1, 0.15) is 38.5 Å². The zero-order chi connectivity index (χ0) is 30.6. The summed E-state index contributed by atoms with van der Waals surface area (Å²) in [5.74, 6) is -0.147. The van der Waals surface area contributed by atoms with Crippen molar-refractivity contribution < 1.29 is 18.8 Å². The van der Waals surface area contributed by atoms with Crippen molar-refractivity contribution in [1.82, 2.24) is 9.47 Å². The molecule has 0 saturated carbocycles. The van der Waals surface area contributed by atoms with Gasteiger partial charge in [0.05, 0.1) is 29.6 Å². The summed E-state index contributed by atoms with van der Waals surface area (Å²) in [5.41, 5.74) is 3.84. The topological polar surface area (TPSA) is 108 Å². The Labute approximate surface area is 258 Å². The molecular formula is C35H28N4O4S. The van der Waals surface area contributed by atoms with Crippen LogP contribution in [0.25, 0.3) is 22.4 Å². The van der Waals surface area contributed by atoms with Gasteiger partial charge in [0.25, 0.3) is 11.8 Å². The Hall–Kier alpha value is -5.33. The fraction of sp³-hybridized carbons (Fsp3) is 0.143. The number of benzene rings is 3. The average Bonchev–Trinajstić information content (AvgIpc) is 3.75. The number of hydrogen-bond donors (Lipinski definition) is 1. The van der Waals surface area contributed by atoms with Gasteiger partial charge in [-0.25, -0.2) is 0 Å². The van der Waals surface area contributed by atoms with E-state index in [1.165, 1.54) is 11.8 Å². The first-order valence-electron chi connectivity index (χ1n) is 14.1. The minimum Gasteiger partial charge on any atom is -0.467 e. The van der Waals surface area contributed by atoms with Gasteiger partial charge >= 0.3 is 0 Å². The lowest BCUT2D eigenvalue weighted by atomic mass is 9.98. The van der Waals surface area contributed by atoms with E-state index in [0.29, 0.717) is 17.1 Å². The third-order valence-electron chi connectivity index (χ3n) is 7.66. The predicted molar refractivity (Wildman–Crippen MR) is 170 cm³/mol. The molecule has 0 fully saturated rings. The number of nitrogens with one attached hydrogen (secondary N) is 1. The quantitative estimate of drug-likeness (QED) is 0.179. The maximum atomic E-state index is 14.3. The number of hydrogen-bond acceptors (Lipinski definition) is 6. The van der Waals surface area contributed by atoms with Gasteiger partial charge in [-0.15, -0.1) is 0 Å². The Morgan fingerprint density at radius 2 is 1.50 bits per heavy atom. The van der Waals surface area contributed by atoms with E-state index in [1.54, 1.807) is 36.6 Å². The highest BCUT2D eigenvalue weighted by Gasteiger charge is 2.43. The molecule has 2 aromatic heterocycles. The lowest BCUT2D eigenvalue weighted by Crippen LogP contribution is -2.47. The number of carbonyl (C=O) groups is 3. The molecule has 218 valence electrons. The Morgan fingerprint density at radius 3 is 2.07 bits per heavy atom. The van der Waals surface area contributed by atoms with Crippen LogP contribution < -0.4 is 5.32 Å². The lowest BCUT2D eigenvalue weighted by Gasteiger charge is -2.25. The molecule has 0 saturated heterocycles. The molecule has 9 heteroatoms. The molecule has 1 atom stereocenters. The second kappa shape index (κ2) is 12.5. The maximum Gasteiger partial charge on any atom is 0.262 e. The molecule has 1 aliphatic heterocycles. The first-order chi connectivity index (χ1) is 21.5. The molecule has 3 heterocycles. The van der Waals surface area contributed by atoms with Crippen LogP contribution in [-0.4, -0.2) is 45.2 Å². The predicted octanol–water partition coefficient (Wildman–Crippen LogP) is 6.69. The first-order valence-corrected chi connectivity index (χ1v) is 15.5. The van der Waals surface area contributed by atoms with Crippen LogP contribution in [0.2, 0.25) is 0 Å². The molecule has 5 aromatic rings. The third-order valence-corrected chi connectivity index (χ3v) is 8.30. The molecule has 3 amide bonds. The number of imide groups is 1. The van der Waals surface area contributed by atoms with Crippen LogP contribution in [0, 0.1) is 11.3 Å². The van der Waals surface area contributed by atoms with Crippen molar-refractivity contribution >= 4 is 35.3 Å². The van der Waals surface area contributed by atoms with Crippen LogP contribution in [0.3, 0.4) is 0 Å². The van der Waals surface area contributed by atoms with Crippen LogP contribution in [0.15, 0.2) is 108 Å². The number of thioether (sulfide) groups is 1. The van der Waals surface area contributed by atoms with Crippen molar-refractivity contribution in [3.05, 3.63) is 126 Å². The summed E-state index contributed by atoms with van der Waals surface area (Å²) in [6.45, 7) is 0.219. The average molecular weight is 601 g/mol. The number of fused-ring (bicyclic) bond motifs is 1. The van der Waals surface area contributed by atoms with Crippen molar-refractivity contribution in [3.63, 3.8) is 0 Å². The molecule has 0 spiro atoms. The molecule has 6 rings (SSSR count). The zero-order valence-corrected chi connectivity index (χ0v) is 24.7. The van der Waals surface area contributed by atoms with E-state index >= 15 is 0 Å². The van der Waals surface area contributed by atoms with E-state index in [2.05, 4.69) is 11.4 Å². The standard InChI is InChI=1S/C35H28N4O4S/c1-44-20-18-29(39-34(41)26-16-8-9-17-27(26)35(39)42)33(40)37-32-28(21-36)30(23-11-4-2-5-12-23)31(24-13-6-3-7-14-24)38(32)22-25-15-10-19-43-25/h2-17,19,29H,18,20,22H2,1H3,(H,37,40)/t29-/m1/s1. The summed E-state index contributed by atoms with van der Waals surface area (Å²) in [7, 11) is 0. The second-order valence-corrected chi connectivity index (χ2v) is 11.3. The highest BCUT2D eigenvalue weighted by molar-refractivity contribution is 7.98. The van der Waals surface area contributed by atoms with E-state index in [-0.39, 0.29) is 35.5 Å². The van der Waals surface area contributed by atoms with Gasteiger partial charge in [-0.1, -0.05) is 72.8 Å². The number of carbonyl (C=O) groups excluding carboxylic acids is 3. The van der Waals surface area contributed by atoms with Crippen LogP contribution >= 0.6 is 11.8 Å². The van der Waals surface area contributed by atoms with Crippen LogP contribution in [0.5, 0.6) is 0 Å². The minimum atomic E-state index is -1.09. The van der Waals surface area contributed by atoms with E-state index in [4.69, 9.17) is 4.42 Å². The van der Waals surface area contributed by atoms with Crippen molar-refractivity contribution in [2.75, 3.05) is 17.3 Å². The van der Waals surface area contributed by atoms with Crippen molar-refractivity contribution in [3.8, 4) is 28.5 Å². The molecule has 8 nitrogen and oxygen atoms in total. The van der Waals surface area contributed by atoms with Crippen molar-refractivity contribution in [2.45, 2.75) is 19.0 Å². The monoisotopic (exact) mass is 600 g/mol. The van der Waals surface area contributed by atoms with Gasteiger partial charge in [-0.3, -0.25) is 19.3 Å². The highest BCUT2D eigenvalue weighted by Crippen LogP contribution is 2.42. The van der Waals surface area contributed by atoms with Gasteiger partial charge in [0.2, 0.25) is 5.91 Å². The largest absolute Gasteiger partial charge is 0.467 e. The summed E-state index contributed by atoms with van der Waals surface area (Å²) in [6.07, 6.45) is 3.72. The Balaban J connectivity index is 1.51. The number of nitrogens with zero attached hydrogens (tertiary/aromatic N) is 3. The molecule has 0 aliphatic carbocycles. The van der Waals surface area contributed by atoms with Crippen molar-refractivity contribution in [1.29, 1.82) is 5.26 Å². The van der Waals surface area contributed by atoms with Gasteiger partial charge in [0.15, 0.2) is 0 Å². The molecule has 3 aromatic carbocycles. The summed E-state index contributed by atoms with van der Waals surface area (Å²) in [4.78, 5) is 42.2. The number of nitriles is 1. The molecular weight excluding hydrogens is 572 g/mol. The number of anilines is 1. The van der Waals surface area contributed by atoms with E-state index in [9.17, 15) is 19.6 Å². The zero-order valence-electron chi connectivity index (χ0n) is 23.9. The third kappa shape index (κ3) is 5.21. The van der Waals surface area contributed by atoms with Crippen LogP contribution in [0.4, 0.5) is 5.82 Å². The van der Waals surface area contributed by atoms with E-state index in [0.717, 1.165) is 21.7 Å². The smallest absolute Gasteiger partial charge is 0.262 e. The van der Waals surface area contributed by atoms with Crippen molar-refractivity contribution in [2.24, 2.45) is 0 Å².